The van der Waals surface area contributed by atoms with E-state index in [9.17, 15) is 4.79 Å². The number of nitrogens with one attached hydrogen (secondary N) is 2. The highest BCUT2D eigenvalue weighted by molar-refractivity contribution is 5.78. The zero-order chi connectivity index (χ0) is 8.55. The Balaban J connectivity index is 2.80. The van der Waals surface area contributed by atoms with E-state index in [2.05, 4.69) is 10.2 Å². The van der Waals surface area contributed by atoms with Crippen molar-refractivity contribution in [2.45, 2.75) is 6.54 Å². The molecule has 12 heavy (non-hydrogen) atoms. The number of aromatic amines is 2. The van der Waals surface area contributed by atoms with Crippen LogP contribution in [0.2, 0.25) is 0 Å². The van der Waals surface area contributed by atoms with Crippen LogP contribution in [0.15, 0.2) is 23.0 Å². The quantitative estimate of drug-likeness (QED) is 0.566. The minimum Gasteiger partial charge on any atom is -0.326 e. The van der Waals surface area contributed by atoms with Gasteiger partial charge >= 0.3 is 0 Å². The van der Waals surface area contributed by atoms with E-state index in [-0.39, 0.29) is 5.56 Å². The fourth-order valence-electron chi connectivity index (χ4n) is 1.21. The molecule has 0 spiro atoms. The SMILES string of the molecule is NCc1ccc2[nH][nH]c(=O)c2c1. The van der Waals surface area contributed by atoms with Crippen LogP contribution in [0.5, 0.6) is 0 Å². The Morgan fingerprint density at radius 3 is 2.92 bits per heavy atom. The first kappa shape index (κ1) is 7.12. The van der Waals surface area contributed by atoms with Crippen molar-refractivity contribution in [1.82, 2.24) is 10.2 Å². The molecular formula is C8H9N3O. The van der Waals surface area contributed by atoms with Crippen molar-refractivity contribution in [3.63, 3.8) is 0 Å². The third-order valence-electron chi connectivity index (χ3n) is 1.88. The maximum absolute atomic E-state index is 11.1. The standard InChI is InChI=1S/C8H9N3O/c9-4-5-1-2-7-6(3-5)8(12)11-10-7/h1-3H,4,9H2,(H2,10,11,12). The molecule has 0 aliphatic rings. The van der Waals surface area contributed by atoms with Crippen LogP contribution in [0.3, 0.4) is 0 Å². The summed E-state index contributed by atoms with van der Waals surface area (Å²) in [5.41, 5.74) is 7.12. The molecule has 0 atom stereocenters. The van der Waals surface area contributed by atoms with Gasteiger partial charge in [0.1, 0.15) is 0 Å². The average Bonchev–Trinajstić information content (AvgIpc) is 2.47. The van der Waals surface area contributed by atoms with E-state index in [1.54, 1.807) is 6.07 Å². The van der Waals surface area contributed by atoms with Gasteiger partial charge in [0.2, 0.25) is 0 Å². The zero-order valence-corrected chi connectivity index (χ0v) is 6.42. The molecule has 0 amide bonds. The Bertz CT molecular complexity index is 455. The van der Waals surface area contributed by atoms with Gasteiger partial charge in [0.25, 0.3) is 5.56 Å². The molecule has 0 aliphatic heterocycles. The molecule has 1 aromatic heterocycles. The second-order valence-electron chi connectivity index (χ2n) is 2.66. The topological polar surface area (TPSA) is 74.7 Å². The monoisotopic (exact) mass is 163 g/mol. The predicted octanol–water partition coefficient (Wildman–Crippen LogP) is 0.315. The smallest absolute Gasteiger partial charge is 0.271 e. The van der Waals surface area contributed by atoms with Crippen LogP contribution >= 0.6 is 0 Å². The third-order valence-corrected chi connectivity index (χ3v) is 1.88. The number of benzene rings is 1. The fraction of sp³-hybridized carbons (Fsp3) is 0.125. The van der Waals surface area contributed by atoms with Crippen LogP contribution in [0.4, 0.5) is 0 Å². The van der Waals surface area contributed by atoms with Crippen molar-refractivity contribution in [2.75, 3.05) is 0 Å². The Morgan fingerprint density at radius 2 is 2.17 bits per heavy atom. The molecular weight excluding hydrogens is 154 g/mol. The van der Waals surface area contributed by atoms with Gasteiger partial charge in [-0.05, 0) is 17.7 Å². The summed E-state index contributed by atoms with van der Waals surface area (Å²) < 4.78 is 0. The van der Waals surface area contributed by atoms with Gasteiger partial charge in [-0.15, -0.1) is 0 Å². The van der Waals surface area contributed by atoms with E-state index >= 15 is 0 Å². The summed E-state index contributed by atoms with van der Waals surface area (Å²) in [5.74, 6) is 0. The minimum atomic E-state index is -0.0969. The Hall–Kier alpha value is -1.55. The molecule has 0 unspecified atom stereocenters. The van der Waals surface area contributed by atoms with E-state index < -0.39 is 0 Å². The van der Waals surface area contributed by atoms with E-state index in [4.69, 9.17) is 5.73 Å². The molecule has 0 bridgehead atoms. The van der Waals surface area contributed by atoms with Crippen molar-refractivity contribution < 1.29 is 0 Å². The van der Waals surface area contributed by atoms with E-state index in [0.29, 0.717) is 11.9 Å². The van der Waals surface area contributed by atoms with Crippen LogP contribution < -0.4 is 11.3 Å². The zero-order valence-electron chi connectivity index (χ0n) is 6.42. The summed E-state index contributed by atoms with van der Waals surface area (Å²) in [4.78, 5) is 11.1. The Labute approximate surface area is 68.4 Å². The average molecular weight is 163 g/mol. The van der Waals surface area contributed by atoms with Gasteiger partial charge in [-0.2, -0.15) is 0 Å². The summed E-state index contributed by atoms with van der Waals surface area (Å²) in [6.07, 6.45) is 0. The van der Waals surface area contributed by atoms with Gasteiger partial charge in [-0.1, -0.05) is 6.07 Å². The van der Waals surface area contributed by atoms with Gasteiger partial charge in [-0.25, -0.2) is 0 Å². The number of nitrogens with two attached hydrogens (primary N) is 1. The molecule has 62 valence electrons. The molecule has 4 heteroatoms. The van der Waals surface area contributed by atoms with Crippen LogP contribution in [-0.2, 0) is 6.54 Å². The van der Waals surface area contributed by atoms with Crippen molar-refractivity contribution in [1.29, 1.82) is 0 Å². The molecule has 0 saturated heterocycles. The van der Waals surface area contributed by atoms with Gasteiger partial charge in [0, 0.05) is 6.54 Å². The molecule has 4 nitrogen and oxygen atoms in total. The lowest BCUT2D eigenvalue weighted by Crippen LogP contribution is -2.00. The van der Waals surface area contributed by atoms with Gasteiger partial charge in [0.15, 0.2) is 0 Å². The van der Waals surface area contributed by atoms with Crippen molar-refractivity contribution >= 4 is 10.9 Å². The number of hydrogen-bond acceptors (Lipinski definition) is 2. The molecule has 1 aromatic carbocycles. The molecule has 0 fully saturated rings. The molecule has 4 N–H and O–H groups in total. The Kier molecular flexibility index (Phi) is 1.48. The molecule has 0 radical (unpaired) electrons. The lowest BCUT2D eigenvalue weighted by molar-refractivity contribution is 1.07. The van der Waals surface area contributed by atoms with Gasteiger partial charge in [0.05, 0.1) is 10.9 Å². The summed E-state index contributed by atoms with van der Waals surface area (Å²) in [5, 5.41) is 5.93. The molecule has 2 aromatic rings. The van der Waals surface area contributed by atoms with Crippen molar-refractivity contribution in [3.05, 3.63) is 34.1 Å². The second kappa shape index (κ2) is 2.49. The molecule has 0 aliphatic carbocycles. The number of H-pyrrole nitrogens is 2. The highest BCUT2D eigenvalue weighted by Gasteiger charge is 1.99. The Morgan fingerprint density at radius 1 is 1.33 bits per heavy atom. The highest BCUT2D eigenvalue weighted by Crippen LogP contribution is 2.08. The maximum Gasteiger partial charge on any atom is 0.271 e. The summed E-state index contributed by atoms with van der Waals surface area (Å²) in [6, 6.07) is 5.53. The number of aromatic nitrogens is 2. The van der Waals surface area contributed by atoms with Crippen LogP contribution in [0.1, 0.15) is 5.56 Å². The minimum absolute atomic E-state index is 0.0969. The van der Waals surface area contributed by atoms with E-state index in [1.165, 1.54) is 0 Å². The fourth-order valence-corrected chi connectivity index (χ4v) is 1.21. The third kappa shape index (κ3) is 0.931. The van der Waals surface area contributed by atoms with Crippen molar-refractivity contribution in [2.24, 2.45) is 5.73 Å². The van der Waals surface area contributed by atoms with Crippen LogP contribution in [-0.4, -0.2) is 10.2 Å². The lowest BCUT2D eigenvalue weighted by Gasteiger charge is -1.93. The summed E-state index contributed by atoms with van der Waals surface area (Å²) >= 11 is 0. The summed E-state index contributed by atoms with van der Waals surface area (Å²) in [6.45, 7) is 0.459. The first-order valence-corrected chi connectivity index (χ1v) is 3.70. The van der Waals surface area contributed by atoms with E-state index in [0.717, 1.165) is 11.1 Å². The van der Waals surface area contributed by atoms with E-state index in [1.807, 2.05) is 12.1 Å². The maximum atomic E-state index is 11.1. The highest BCUT2D eigenvalue weighted by atomic mass is 16.1. The number of hydrogen-bond donors (Lipinski definition) is 3. The van der Waals surface area contributed by atoms with Crippen molar-refractivity contribution in [3.8, 4) is 0 Å². The van der Waals surface area contributed by atoms with Gasteiger partial charge < -0.3 is 5.73 Å². The van der Waals surface area contributed by atoms with Crippen LogP contribution in [0, 0.1) is 0 Å². The van der Waals surface area contributed by atoms with Gasteiger partial charge in [-0.3, -0.25) is 15.0 Å². The number of rotatable bonds is 1. The molecule has 1 heterocycles. The largest absolute Gasteiger partial charge is 0.326 e. The second-order valence-corrected chi connectivity index (χ2v) is 2.66. The first-order chi connectivity index (χ1) is 5.81. The normalized spacial score (nSPS) is 10.8. The van der Waals surface area contributed by atoms with Crippen LogP contribution in [0.25, 0.3) is 10.9 Å². The molecule has 0 saturated carbocycles. The lowest BCUT2D eigenvalue weighted by atomic mass is 10.1. The first-order valence-electron chi connectivity index (χ1n) is 3.70. The predicted molar refractivity (Wildman–Crippen MR) is 46.8 cm³/mol. The summed E-state index contributed by atoms with van der Waals surface area (Å²) in [7, 11) is 0. The number of fused-ring (bicyclic) bond motifs is 1. The molecule has 2 rings (SSSR count).